The molecule has 0 spiro atoms. The SMILES string of the molecule is CC(N)C1CCCN(C(=O)c2cnn(Cc3ccccc3Cl)c2)C1. The highest BCUT2D eigenvalue weighted by Crippen LogP contribution is 2.21. The maximum atomic E-state index is 12.7. The van der Waals surface area contributed by atoms with Crippen molar-refractivity contribution in [2.45, 2.75) is 32.4 Å². The van der Waals surface area contributed by atoms with Crippen molar-refractivity contribution in [3.05, 3.63) is 52.8 Å². The molecule has 2 N–H and O–H groups in total. The summed E-state index contributed by atoms with van der Waals surface area (Å²) in [4.78, 5) is 14.6. The van der Waals surface area contributed by atoms with Gasteiger partial charge in [0, 0.05) is 30.4 Å². The van der Waals surface area contributed by atoms with E-state index in [0.29, 0.717) is 23.0 Å². The standard InChI is InChI=1S/C18H23ClN4O/c1-13(20)14-6-4-8-22(10-14)18(24)16-9-21-23(12-16)11-15-5-2-3-7-17(15)19/h2-3,5,7,9,12-14H,4,6,8,10-11,20H2,1H3. The fourth-order valence-electron chi connectivity index (χ4n) is 3.17. The fourth-order valence-corrected chi connectivity index (χ4v) is 3.36. The van der Waals surface area contributed by atoms with Crippen molar-refractivity contribution in [3.63, 3.8) is 0 Å². The van der Waals surface area contributed by atoms with E-state index in [1.165, 1.54) is 0 Å². The lowest BCUT2D eigenvalue weighted by molar-refractivity contribution is 0.0661. The molecule has 1 fully saturated rings. The maximum absolute atomic E-state index is 12.7. The zero-order valence-electron chi connectivity index (χ0n) is 13.9. The van der Waals surface area contributed by atoms with Gasteiger partial charge in [-0.1, -0.05) is 29.8 Å². The number of likely N-dealkylation sites (tertiary alicyclic amines) is 1. The molecule has 128 valence electrons. The van der Waals surface area contributed by atoms with Gasteiger partial charge in [0.15, 0.2) is 0 Å². The maximum Gasteiger partial charge on any atom is 0.257 e. The Morgan fingerprint density at radius 1 is 1.46 bits per heavy atom. The van der Waals surface area contributed by atoms with Crippen molar-refractivity contribution in [1.29, 1.82) is 0 Å². The lowest BCUT2D eigenvalue weighted by Crippen LogP contribution is -2.45. The van der Waals surface area contributed by atoms with Crippen molar-refractivity contribution in [2.24, 2.45) is 11.7 Å². The van der Waals surface area contributed by atoms with E-state index in [2.05, 4.69) is 5.10 Å². The highest BCUT2D eigenvalue weighted by molar-refractivity contribution is 6.31. The molecule has 1 aliphatic heterocycles. The smallest absolute Gasteiger partial charge is 0.257 e. The number of piperidine rings is 1. The molecule has 0 aliphatic carbocycles. The average molecular weight is 347 g/mol. The van der Waals surface area contributed by atoms with Crippen LogP contribution < -0.4 is 5.73 Å². The second-order valence-electron chi connectivity index (χ2n) is 6.53. The number of carbonyl (C=O) groups is 1. The van der Waals surface area contributed by atoms with Gasteiger partial charge in [0.25, 0.3) is 5.91 Å². The van der Waals surface area contributed by atoms with E-state index in [1.807, 2.05) is 36.1 Å². The molecule has 1 saturated heterocycles. The molecule has 2 aromatic rings. The topological polar surface area (TPSA) is 64.2 Å². The summed E-state index contributed by atoms with van der Waals surface area (Å²) in [5.74, 6) is 0.409. The second-order valence-corrected chi connectivity index (χ2v) is 6.94. The van der Waals surface area contributed by atoms with E-state index in [0.717, 1.165) is 31.5 Å². The van der Waals surface area contributed by atoms with E-state index >= 15 is 0 Å². The number of nitrogens with zero attached hydrogens (tertiary/aromatic N) is 3. The van der Waals surface area contributed by atoms with Gasteiger partial charge in [-0.05, 0) is 37.3 Å². The number of benzene rings is 1. The van der Waals surface area contributed by atoms with Crippen molar-refractivity contribution in [2.75, 3.05) is 13.1 Å². The minimum absolute atomic E-state index is 0.0331. The van der Waals surface area contributed by atoms with Gasteiger partial charge in [-0.3, -0.25) is 9.48 Å². The van der Waals surface area contributed by atoms with Gasteiger partial charge in [-0.25, -0.2) is 0 Å². The average Bonchev–Trinajstić information content (AvgIpc) is 3.05. The minimum Gasteiger partial charge on any atom is -0.338 e. The Balaban J connectivity index is 1.68. The molecule has 2 unspecified atom stereocenters. The Hall–Kier alpha value is -1.85. The molecule has 0 radical (unpaired) electrons. The van der Waals surface area contributed by atoms with Crippen LogP contribution in [0, 0.1) is 5.92 Å². The number of halogens is 1. The van der Waals surface area contributed by atoms with Crippen molar-refractivity contribution in [1.82, 2.24) is 14.7 Å². The largest absolute Gasteiger partial charge is 0.338 e. The molecule has 2 heterocycles. The van der Waals surface area contributed by atoms with Crippen molar-refractivity contribution < 1.29 is 4.79 Å². The lowest BCUT2D eigenvalue weighted by Gasteiger charge is -2.34. The Morgan fingerprint density at radius 3 is 3.00 bits per heavy atom. The van der Waals surface area contributed by atoms with Crippen LogP contribution in [-0.4, -0.2) is 39.7 Å². The highest BCUT2D eigenvalue weighted by Gasteiger charge is 2.27. The number of nitrogens with two attached hydrogens (primary N) is 1. The first kappa shape index (κ1) is 17.0. The number of rotatable bonds is 4. The number of hydrogen-bond acceptors (Lipinski definition) is 3. The van der Waals surface area contributed by atoms with Gasteiger partial charge >= 0.3 is 0 Å². The molecule has 6 heteroatoms. The highest BCUT2D eigenvalue weighted by atomic mass is 35.5. The monoisotopic (exact) mass is 346 g/mol. The molecule has 2 atom stereocenters. The molecule has 1 amide bonds. The molecule has 1 aromatic heterocycles. The summed E-state index contributed by atoms with van der Waals surface area (Å²) in [6, 6.07) is 7.77. The third-order valence-corrected chi connectivity index (χ3v) is 5.03. The van der Waals surface area contributed by atoms with Gasteiger partial charge in [0.2, 0.25) is 0 Å². The molecule has 0 bridgehead atoms. The predicted octanol–water partition coefficient (Wildman–Crippen LogP) is 2.78. The van der Waals surface area contributed by atoms with Crippen LogP contribution in [-0.2, 0) is 6.54 Å². The van der Waals surface area contributed by atoms with Crippen LogP contribution >= 0.6 is 11.6 Å². The van der Waals surface area contributed by atoms with Gasteiger partial charge in [-0.2, -0.15) is 5.10 Å². The molecule has 5 nitrogen and oxygen atoms in total. The number of amides is 1. The summed E-state index contributed by atoms with van der Waals surface area (Å²) >= 11 is 6.18. The Bertz CT molecular complexity index is 713. The third-order valence-electron chi connectivity index (χ3n) is 4.66. The molecular formula is C18H23ClN4O. The van der Waals surface area contributed by atoms with E-state index in [1.54, 1.807) is 17.1 Å². The predicted molar refractivity (Wildman–Crippen MR) is 95.1 cm³/mol. The first-order valence-electron chi connectivity index (χ1n) is 8.35. The van der Waals surface area contributed by atoms with Crippen LogP contribution in [0.2, 0.25) is 5.02 Å². The van der Waals surface area contributed by atoms with Gasteiger partial charge < -0.3 is 10.6 Å². The first-order valence-corrected chi connectivity index (χ1v) is 8.73. The quantitative estimate of drug-likeness (QED) is 0.925. The normalized spacial score (nSPS) is 19.3. The third kappa shape index (κ3) is 3.79. The Morgan fingerprint density at radius 2 is 2.25 bits per heavy atom. The Kier molecular flexibility index (Phi) is 5.21. The van der Waals surface area contributed by atoms with Gasteiger partial charge in [0.05, 0.1) is 18.3 Å². The molecule has 0 saturated carbocycles. The summed E-state index contributed by atoms with van der Waals surface area (Å²) in [6.07, 6.45) is 5.52. The summed E-state index contributed by atoms with van der Waals surface area (Å²) in [5, 5.41) is 5.01. The van der Waals surface area contributed by atoms with Crippen molar-refractivity contribution >= 4 is 17.5 Å². The molecule has 24 heavy (non-hydrogen) atoms. The first-order chi connectivity index (χ1) is 11.5. The minimum atomic E-state index is 0.0331. The van der Waals surface area contributed by atoms with Gasteiger partial charge in [0.1, 0.15) is 0 Å². The number of hydrogen-bond donors (Lipinski definition) is 1. The molecule has 3 rings (SSSR count). The number of carbonyl (C=O) groups excluding carboxylic acids is 1. The number of aromatic nitrogens is 2. The van der Waals surface area contributed by atoms with E-state index in [9.17, 15) is 4.79 Å². The Labute approximate surface area is 147 Å². The van der Waals surface area contributed by atoms with Crippen molar-refractivity contribution in [3.8, 4) is 0 Å². The van der Waals surface area contributed by atoms with E-state index in [-0.39, 0.29) is 11.9 Å². The fraction of sp³-hybridized carbons (Fsp3) is 0.444. The van der Waals surface area contributed by atoms with Crippen LogP contribution in [0.15, 0.2) is 36.7 Å². The van der Waals surface area contributed by atoms with E-state index < -0.39 is 0 Å². The van der Waals surface area contributed by atoms with Gasteiger partial charge in [-0.15, -0.1) is 0 Å². The van der Waals surface area contributed by atoms with E-state index in [4.69, 9.17) is 17.3 Å². The zero-order valence-corrected chi connectivity index (χ0v) is 14.6. The van der Waals surface area contributed by atoms with Crippen LogP contribution in [0.3, 0.4) is 0 Å². The lowest BCUT2D eigenvalue weighted by atomic mass is 9.92. The van der Waals surface area contributed by atoms with Crippen LogP contribution in [0.5, 0.6) is 0 Å². The summed E-state index contributed by atoms with van der Waals surface area (Å²) in [5.41, 5.74) is 7.61. The van der Waals surface area contributed by atoms with Crippen LogP contribution in [0.1, 0.15) is 35.7 Å². The summed E-state index contributed by atoms with van der Waals surface area (Å²) in [7, 11) is 0. The molecule has 1 aromatic carbocycles. The molecular weight excluding hydrogens is 324 g/mol. The summed E-state index contributed by atoms with van der Waals surface area (Å²) < 4.78 is 1.75. The van der Waals surface area contributed by atoms with Crippen LogP contribution in [0.4, 0.5) is 0 Å². The second kappa shape index (κ2) is 7.36. The molecule has 1 aliphatic rings. The van der Waals surface area contributed by atoms with Crippen LogP contribution in [0.25, 0.3) is 0 Å². The summed E-state index contributed by atoms with van der Waals surface area (Å²) in [6.45, 7) is 4.08. The zero-order chi connectivity index (χ0) is 17.1.